The molecule has 10 heteroatoms. The van der Waals surface area contributed by atoms with Gasteiger partial charge < -0.3 is 10.1 Å². The van der Waals surface area contributed by atoms with Gasteiger partial charge in [0.2, 0.25) is 10.0 Å². The maximum atomic E-state index is 12.6. The van der Waals surface area contributed by atoms with E-state index in [0.29, 0.717) is 30.1 Å². The first-order chi connectivity index (χ1) is 13.7. The number of anilines is 1. The van der Waals surface area contributed by atoms with Crippen molar-refractivity contribution in [3.8, 4) is 5.75 Å². The molecule has 0 radical (unpaired) electrons. The lowest BCUT2D eigenvalue weighted by Crippen LogP contribution is -2.27. The smallest absolute Gasteiger partial charge is 0.262 e. The molecule has 2 aromatic carbocycles. The second kappa shape index (κ2) is 9.10. The van der Waals surface area contributed by atoms with Crippen molar-refractivity contribution in [2.45, 2.75) is 24.7 Å². The first-order valence-corrected chi connectivity index (χ1v) is 11.4. The summed E-state index contributed by atoms with van der Waals surface area (Å²) >= 11 is 17.8. The van der Waals surface area contributed by atoms with Crippen LogP contribution in [0.2, 0.25) is 15.1 Å². The SMILES string of the molecule is Cc1cc(S(=O)(=O)N2CCCC2)ccc1OCC(=O)Nc1cc(Cl)c(Cl)cc1Cl. The van der Waals surface area contributed by atoms with Crippen LogP contribution in [0.25, 0.3) is 0 Å². The molecule has 1 heterocycles. The van der Waals surface area contributed by atoms with E-state index in [1.807, 2.05) is 0 Å². The average molecular weight is 478 g/mol. The van der Waals surface area contributed by atoms with Gasteiger partial charge in [-0.1, -0.05) is 34.8 Å². The molecule has 3 rings (SSSR count). The Hall–Kier alpha value is -1.51. The van der Waals surface area contributed by atoms with Crippen LogP contribution >= 0.6 is 34.8 Å². The van der Waals surface area contributed by atoms with Crippen molar-refractivity contribution < 1.29 is 17.9 Å². The van der Waals surface area contributed by atoms with E-state index in [4.69, 9.17) is 39.5 Å². The van der Waals surface area contributed by atoms with Gasteiger partial charge in [0, 0.05) is 13.1 Å². The summed E-state index contributed by atoms with van der Waals surface area (Å²) < 4.78 is 32.3. The summed E-state index contributed by atoms with van der Waals surface area (Å²) in [5.74, 6) is -0.0285. The molecule has 0 unspecified atom stereocenters. The Bertz CT molecular complexity index is 1040. The van der Waals surface area contributed by atoms with Crippen LogP contribution in [0.1, 0.15) is 18.4 Å². The molecule has 0 aliphatic carbocycles. The van der Waals surface area contributed by atoms with Gasteiger partial charge in [0.15, 0.2) is 6.61 Å². The zero-order chi connectivity index (χ0) is 21.2. The third-order valence-electron chi connectivity index (χ3n) is 4.49. The largest absolute Gasteiger partial charge is 0.483 e. The molecule has 2 aromatic rings. The van der Waals surface area contributed by atoms with Gasteiger partial charge in [0.05, 0.1) is 25.7 Å². The van der Waals surface area contributed by atoms with Crippen LogP contribution in [-0.2, 0) is 14.8 Å². The standard InChI is InChI=1S/C19H19Cl3N2O4S/c1-12-8-13(29(26,27)24-6-2-3-7-24)4-5-18(12)28-11-19(25)23-17-10-15(21)14(20)9-16(17)22/h4-5,8-10H,2-3,6-7,11H2,1H3,(H,23,25). The van der Waals surface area contributed by atoms with Crippen LogP contribution in [0.4, 0.5) is 5.69 Å². The van der Waals surface area contributed by atoms with Crippen LogP contribution in [0.15, 0.2) is 35.2 Å². The molecule has 156 valence electrons. The average Bonchev–Trinajstić information content (AvgIpc) is 3.20. The molecule has 0 aromatic heterocycles. The van der Waals surface area contributed by atoms with Gasteiger partial charge in [-0.25, -0.2) is 8.42 Å². The summed E-state index contributed by atoms with van der Waals surface area (Å²) in [6.07, 6.45) is 1.74. The second-order valence-corrected chi connectivity index (χ2v) is 9.78. The minimum Gasteiger partial charge on any atom is -0.483 e. The lowest BCUT2D eigenvalue weighted by atomic mass is 10.2. The molecule has 1 N–H and O–H groups in total. The molecule has 0 atom stereocenters. The van der Waals surface area contributed by atoms with E-state index in [9.17, 15) is 13.2 Å². The van der Waals surface area contributed by atoms with Crippen molar-refractivity contribution in [2.75, 3.05) is 25.0 Å². The molecule has 0 bridgehead atoms. The Morgan fingerprint density at radius 1 is 1.07 bits per heavy atom. The summed E-state index contributed by atoms with van der Waals surface area (Å²) in [4.78, 5) is 12.4. The van der Waals surface area contributed by atoms with Gasteiger partial charge in [-0.2, -0.15) is 4.31 Å². The molecule has 29 heavy (non-hydrogen) atoms. The number of carbonyl (C=O) groups excluding carboxylic acids is 1. The van der Waals surface area contributed by atoms with Gasteiger partial charge in [-0.15, -0.1) is 0 Å². The topological polar surface area (TPSA) is 75.7 Å². The zero-order valence-corrected chi connectivity index (χ0v) is 18.6. The number of hydrogen-bond donors (Lipinski definition) is 1. The Morgan fingerprint density at radius 3 is 2.38 bits per heavy atom. The minimum atomic E-state index is -3.50. The lowest BCUT2D eigenvalue weighted by molar-refractivity contribution is -0.118. The fraction of sp³-hybridized carbons (Fsp3) is 0.316. The van der Waals surface area contributed by atoms with Crippen molar-refractivity contribution in [2.24, 2.45) is 0 Å². The Kier molecular flexibility index (Phi) is 6.96. The number of aryl methyl sites for hydroxylation is 1. The third kappa shape index (κ3) is 5.16. The highest BCUT2D eigenvalue weighted by atomic mass is 35.5. The Labute approximate surface area is 184 Å². The highest BCUT2D eigenvalue weighted by Crippen LogP contribution is 2.32. The number of rotatable bonds is 6. The number of nitrogens with one attached hydrogen (secondary N) is 1. The lowest BCUT2D eigenvalue weighted by Gasteiger charge is -2.17. The van der Waals surface area contributed by atoms with Crippen molar-refractivity contribution in [1.29, 1.82) is 0 Å². The van der Waals surface area contributed by atoms with Crippen molar-refractivity contribution in [3.05, 3.63) is 51.0 Å². The summed E-state index contributed by atoms with van der Waals surface area (Å²) in [6.45, 7) is 2.52. The number of benzene rings is 2. The number of hydrogen-bond acceptors (Lipinski definition) is 4. The van der Waals surface area contributed by atoms with E-state index in [1.165, 1.54) is 22.5 Å². The predicted octanol–water partition coefficient (Wildman–Crippen LogP) is 4.76. The van der Waals surface area contributed by atoms with Gasteiger partial charge in [0.25, 0.3) is 5.91 Å². The maximum Gasteiger partial charge on any atom is 0.262 e. The van der Waals surface area contributed by atoms with Gasteiger partial charge in [-0.3, -0.25) is 4.79 Å². The van der Waals surface area contributed by atoms with Crippen molar-refractivity contribution in [3.63, 3.8) is 0 Å². The van der Waals surface area contributed by atoms with E-state index in [-0.39, 0.29) is 26.6 Å². The van der Waals surface area contributed by atoms with Crippen LogP contribution < -0.4 is 10.1 Å². The summed E-state index contributed by atoms with van der Waals surface area (Å²) in [6, 6.07) is 7.48. The highest BCUT2D eigenvalue weighted by Gasteiger charge is 2.27. The maximum absolute atomic E-state index is 12.6. The molecule has 0 spiro atoms. The molecule has 1 aliphatic rings. The second-order valence-electron chi connectivity index (χ2n) is 6.62. The van der Waals surface area contributed by atoms with Gasteiger partial charge >= 0.3 is 0 Å². The number of carbonyl (C=O) groups is 1. The van der Waals surface area contributed by atoms with Crippen LogP contribution in [0, 0.1) is 6.92 Å². The molecule has 6 nitrogen and oxygen atoms in total. The normalized spacial score (nSPS) is 14.8. The monoisotopic (exact) mass is 476 g/mol. The molecular weight excluding hydrogens is 459 g/mol. The minimum absolute atomic E-state index is 0.219. The first kappa shape index (κ1) is 22.2. The number of halogens is 3. The molecule has 1 fully saturated rings. The highest BCUT2D eigenvalue weighted by molar-refractivity contribution is 7.89. The fourth-order valence-electron chi connectivity index (χ4n) is 2.97. The summed E-state index contributed by atoms with van der Waals surface area (Å²) in [5, 5.41) is 3.39. The summed E-state index contributed by atoms with van der Waals surface area (Å²) in [7, 11) is -3.50. The molecular formula is C19H19Cl3N2O4S. The Morgan fingerprint density at radius 2 is 1.72 bits per heavy atom. The quantitative estimate of drug-likeness (QED) is 0.609. The number of ether oxygens (including phenoxy) is 1. The van der Waals surface area contributed by atoms with Crippen LogP contribution in [-0.4, -0.2) is 38.3 Å². The molecule has 0 saturated carbocycles. The van der Waals surface area contributed by atoms with Gasteiger partial charge in [-0.05, 0) is 55.7 Å². The Balaban J connectivity index is 1.65. The molecule has 1 amide bonds. The number of nitrogens with zero attached hydrogens (tertiary/aromatic N) is 1. The molecule has 1 saturated heterocycles. The van der Waals surface area contributed by atoms with Crippen LogP contribution in [0.5, 0.6) is 5.75 Å². The zero-order valence-electron chi connectivity index (χ0n) is 15.5. The van der Waals surface area contributed by atoms with E-state index in [0.717, 1.165) is 12.8 Å². The summed E-state index contributed by atoms with van der Waals surface area (Å²) in [5.41, 5.74) is 0.934. The number of amides is 1. The predicted molar refractivity (Wildman–Crippen MR) is 115 cm³/mol. The van der Waals surface area contributed by atoms with Crippen LogP contribution in [0.3, 0.4) is 0 Å². The van der Waals surface area contributed by atoms with E-state index >= 15 is 0 Å². The van der Waals surface area contributed by atoms with Crippen molar-refractivity contribution in [1.82, 2.24) is 4.31 Å². The third-order valence-corrected chi connectivity index (χ3v) is 7.42. The van der Waals surface area contributed by atoms with Crippen molar-refractivity contribution >= 4 is 56.4 Å². The molecule has 1 aliphatic heterocycles. The number of sulfonamides is 1. The first-order valence-electron chi connectivity index (χ1n) is 8.86. The van der Waals surface area contributed by atoms with E-state index in [1.54, 1.807) is 19.1 Å². The van der Waals surface area contributed by atoms with E-state index in [2.05, 4.69) is 5.32 Å². The van der Waals surface area contributed by atoms with Gasteiger partial charge in [0.1, 0.15) is 5.75 Å². The van der Waals surface area contributed by atoms with E-state index < -0.39 is 15.9 Å². The fourth-order valence-corrected chi connectivity index (χ4v) is 5.17.